The third-order valence-corrected chi connectivity index (χ3v) is 5.92. The second-order valence-corrected chi connectivity index (χ2v) is 7.80. The van der Waals surface area contributed by atoms with Gasteiger partial charge in [0.2, 0.25) is 5.91 Å². The molecule has 1 N–H and O–H groups in total. The first-order valence-electron chi connectivity index (χ1n) is 10.1. The van der Waals surface area contributed by atoms with Crippen LogP contribution in [0.3, 0.4) is 0 Å². The van der Waals surface area contributed by atoms with Crippen LogP contribution in [0, 0.1) is 13.8 Å². The SMILES string of the molecule is CC(=O)N1CCc2cc(-c3ccc(C(=O)NCc4c(C)nn(C)c4C)cc3)ccc21. The van der Waals surface area contributed by atoms with Gasteiger partial charge in [0.1, 0.15) is 0 Å². The number of benzene rings is 2. The summed E-state index contributed by atoms with van der Waals surface area (Å²) in [5.41, 5.74) is 8.01. The number of carbonyl (C=O) groups excluding carboxylic acids is 2. The fourth-order valence-electron chi connectivity index (χ4n) is 4.07. The van der Waals surface area contributed by atoms with Crippen LogP contribution in [-0.2, 0) is 24.8 Å². The summed E-state index contributed by atoms with van der Waals surface area (Å²) in [5, 5.41) is 7.38. The van der Waals surface area contributed by atoms with E-state index in [-0.39, 0.29) is 11.8 Å². The van der Waals surface area contributed by atoms with E-state index in [9.17, 15) is 9.59 Å². The van der Waals surface area contributed by atoms with Crippen LogP contribution in [0.15, 0.2) is 42.5 Å². The topological polar surface area (TPSA) is 67.2 Å². The van der Waals surface area contributed by atoms with Crippen LogP contribution >= 0.6 is 0 Å². The van der Waals surface area contributed by atoms with Crippen molar-refractivity contribution in [3.05, 3.63) is 70.5 Å². The molecule has 0 unspecified atom stereocenters. The Labute approximate surface area is 176 Å². The molecular formula is C24H26N4O2. The van der Waals surface area contributed by atoms with Gasteiger partial charge in [-0.3, -0.25) is 14.3 Å². The molecule has 0 aliphatic carbocycles. The van der Waals surface area contributed by atoms with Gasteiger partial charge in [-0.05, 0) is 61.2 Å². The number of nitrogens with one attached hydrogen (secondary N) is 1. The summed E-state index contributed by atoms with van der Waals surface area (Å²) in [5.74, 6) is -0.0243. The van der Waals surface area contributed by atoms with Crippen LogP contribution in [0.4, 0.5) is 5.69 Å². The Morgan fingerprint density at radius 2 is 1.77 bits per heavy atom. The van der Waals surface area contributed by atoms with Crippen LogP contribution in [0.5, 0.6) is 0 Å². The quantitative estimate of drug-likeness (QED) is 0.726. The first kappa shape index (κ1) is 19.9. The molecule has 0 saturated carbocycles. The number of amides is 2. The third-order valence-electron chi connectivity index (χ3n) is 5.92. The van der Waals surface area contributed by atoms with Gasteiger partial charge < -0.3 is 10.2 Å². The Kier molecular flexibility index (Phi) is 5.16. The summed E-state index contributed by atoms with van der Waals surface area (Å²) in [6.07, 6.45) is 0.871. The molecule has 0 bridgehead atoms. The van der Waals surface area contributed by atoms with Gasteiger partial charge in [0, 0.05) is 49.6 Å². The molecule has 0 atom stereocenters. The summed E-state index contributed by atoms with van der Waals surface area (Å²) in [6.45, 7) is 6.76. The maximum absolute atomic E-state index is 12.6. The molecule has 1 aliphatic heterocycles. The summed E-state index contributed by atoms with van der Waals surface area (Å²) in [6, 6.07) is 13.8. The molecule has 4 rings (SSSR count). The average molecular weight is 402 g/mol. The lowest BCUT2D eigenvalue weighted by Gasteiger charge is -2.15. The van der Waals surface area contributed by atoms with Gasteiger partial charge in [-0.15, -0.1) is 0 Å². The van der Waals surface area contributed by atoms with E-state index < -0.39 is 0 Å². The molecule has 0 radical (unpaired) electrons. The van der Waals surface area contributed by atoms with Crippen molar-refractivity contribution in [1.29, 1.82) is 0 Å². The molecule has 154 valence electrons. The van der Waals surface area contributed by atoms with E-state index in [1.54, 1.807) is 6.92 Å². The second-order valence-electron chi connectivity index (χ2n) is 7.80. The standard InChI is InChI=1S/C24H26N4O2/c1-15-22(16(2)27(4)26-15)14-25-24(30)19-7-5-18(6-8-19)20-9-10-23-21(13-20)11-12-28(23)17(3)29/h5-10,13H,11-12,14H2,1-4H3,(H,25,30). The molecule has 6 nitrogen and oxygen atoms in total. The third kappa shape index (κ3) is 3.61. The minimum atomic E-state index is -0.102. The molecule has 3 aromatic rings. The zero-order valence-corrected chi connectivity index (χ0v) is 17.8. The molecule has 1 aliphatic rings. The monoisotopic (exact) mass is 402 g/mol. The van der Waals surface area contributed by atoms with Gasteiger partial charge >= 0.3 is 0 Å². The molecule has 2 amide bonds. The Bertz CT molecular complexity index is 1130. The van der Waals surface area contributed by atoms with Crippen molar-refractivity contribution in [3.8, 4) is 11.1 Å². The molecule has 30 heavy (non-hydrogen) atoms. The van der Waals surface area contributed by atoms with E-state index in [4.69, 9.17) is 0 Å². The van der Waals surface area contributed by atoms with Crippen molar-refractivity contribution in [1.82, 2.24) is 15.1 Å². The zero-order valence-electron chi connectivity index (χ0n) is 17.8. The molecule has 2 heterocycles. The maximum Gasteiger partial charge on any atom is 0.251 e. The summed E-state index contributed by atoms with van der Waals surface area (Å²) in [4.78, 5) is 26.1. The van der Waals surface area contributed by atoms with Gasteiger partial charge in [-0.2, -0.15) is 5.10 Å². The Morgan fingerprint density at radius 1 is 1.07 bits per heavy atom. The first-order valence-corrected chi connectivity index (χ1v) is 10.1. The molecule has 2 aromatic carbocycles. The van der Waals surface area contributed by atoms with E-state index in [1.807, 2.05) is 66.9 Å². The summed E-state index contributed by atoms with van der Waals surface area (Å²) < 4.78 is 1.83. The zero-order chi connectivity index (χ0) is 21.4. The minimum absolute atomic E-state index is 0.0773. The predicted octanol–water partition coefficient (Wildman–Crippen LogP) is 3.54. The van der Waals surface area contributed by atoms with Crippen LogP contribution in [-0.4, -0.2) is 28.1 Å². The first-order chi connectivity index (χ1) is 14.3. The Hall–Kier alpha value is -3.41. The van der Waals surface area contributed by atoms with Gasteiger partial charge in [-0.25, -0.2) is 0 Å². The molecular weight excluding hydrogens is 376 g/mol. The minimum Gasteiger partial charge on any atom is -0.348 e. The Morgan fingerprint density at radius 3 is 2.40 bits per heavy atom. The number of fused-ring (bicyclic) bond motifs is 1. The van der Waals surface area contributed by atoms with Gasteiger partial charge in [0.25, 0.3) is 5.91 Å². The fourth-order valence-corrected chi connectivity index (χ4v) is 4.07. The summed E-state index contributed by atoms with van der Waals surface area (Å²) in [7, 11) is 1.91. The van der Waals surface area contributed by atoms with E-state index in [0.29, 0.717) is 12.1 Å². The highest BCUT2D eigenvalue weighted by Gasteiger charge is 2.22. The molecule has 0 spiro atoms. The molecule has 6 heteroatoms. The number of carbonyl (C=O) groups is 2. The maximum atomic E-state index is 12.6. The van der Waals surface area contributed by atoms with Gasteiger partial charge in [0.05, 0.1) is 5.69 Å². The lowest BCUT2D eigenvalue weighted by molar-refractivity contribution is -0.116. The highest BCUT2D eigenvalue weighted by Crippen LogP contribution is 2.32. The number of aryl methyl sites for hydroxylation is 2. The normalized spacial score (nSPS) is 12.7. The second kappa shape index (κ2) is 7.78. The lowest BCUT2D eigenvalue weighted by Crippen LogP contribution is -2.25. The van der Waals surface area contributed by atoms with Crippen molar-refractivity contribution in [3.63, 3.8) is 0 Å². The van der Waals surface area contributed by atoms with Crippen LogP contribution in [0.1, 0.15) is 39.8 Å². The predicted molar refractivity (Wildman–Crippen MR) is 117 cm³/mol. The van der Waals surface area contributed by atoms with Crippen LogP contribution < -0.4 is 10.2 Å². The number of aromatic nitrogens is 2. The van der Waals surface area contributed by atoms with E-state index >= 15 is 0 Å². The highest BCUT2D eigenvalue weighted by atomic mass is 16.2. The van der Waals surface area contributed by atoms with Gasteiger partial charge in [0.15, 0.2) is 0 Å². The number of anilines is 1. The molecule has 1 aromatic heterocycles. The molecule has 0 fully saturated rings. The van der Waals surface area contributed by atoms with Crippen molar-refractivity contribution < 1.29 is 9.59 Å². The smallest absolute Gasteiger partial charge is 0.251 e. The van der Waals surface area contributed by atoms with Crippen molar-refractivity contribution in [2.75, 3.05) is 11.4 Å². The van der Waals surface area contributed by atoms with E-state index in [0.717, 1.165) is 46.7 Å². The summed E-state index contributed by atoms with van der Waals surface area (Å²) >= 11 is 0. The largest absolute Gasteiger partial charge is 0.348 e. The van der Waals surface area contributed by atoms with Gasteiger partial charge in [-0.1, -0.05) is 18.2 Å². The number of rotatable bonds is 4. The number of nitrogens with zero attached hydrogens (tertiary/aromatic N) is 3. The number of hydrogen-bond donors (Lipinski definition) is 1. The number of hydrogen-bond acceptors (Lipinski definition) is 3. The fraction of sp³-hybridized carbons (Fsp3) is 0.292. The van der Waals surface area contributed by atoms with Crippen LogP contribution in [0.25, 0.3) is 11.1 Å². The van der Waals surface area contributed by atoms with E-state index in [2.05, 4.69) is 16.5 Å². The van der Waals surface area contributed by atoms with Crippen molar-refractivity contribution in [2.45, 2.75) is 33.7 Å². The van der Waals surface area contributed by atoms with Crippen molar-refractivity contribution >= 4 is 17.5 Å². The Balaban J connectivity index is 1.47. The average Bonchev–Trinajstić information content (AvgIpc) is 3.26. The van der Waals surface area contributed by atoms with Crippen LogP contribution in [0.2, 0.25) is 0 Å². The van der Waals surface area contributed by atoms with Crippen molar-refractivity contribution in [2.24, 2.45) is 7.05 Å². The highest BCUT2D eigenvalue weighted by molar-refractivity contribution is 5.95. The van der Waals surface area contributed by atoms with E-state index in [1.165, 1.54) is 5.56 Å². The molecule has 0 saturated heterocycles. The lowest BCUT2D eigenvalue weighted by atomic mass is 10.0.